The monoisotopic (exact) mass is 483 g/mol. The fraction of sp³-hybridized carbons (Fsp3) is 0.0606. The number of carbonyl (C=O) groups is 1. The molecule has 0 atom stereocenters. The van der Waals surface area contributed by atoms with Gasteiger partial charge in [-0.15, -0.1) is 0 Å². The highest BCUT2D eigenvalue weighted by atomic mass is 16.5. The zero-order valence-corrected chi connectivity index (χ0v) is 20.4. The van der Waals surface area contributed by atoms with Crippen molar-refractivity contribution in [2.75, 3.05) is 7.11 Å². The summed E-state index contributed by atoms with van der Waals surface area (Å²) in [4.78, 5) is 12.7. The molecular weight excluding hydrogens is 458 g/mol. The highest BCUT2D eigenvalue weighted by Crippen LogP contribution is 2.41. The Morgan fingerprint density at radius 3 is 2.03 bits per heavy atom. The Labute approximate surface area is 215 Å². The van der Waals surface area contributed by atoms with E-state index in [9.17, 15) is 9.90 Å². The Bertz CT molecular complexity index is 1750. The summed E-state index contributed by atoms with van der Waals surface area (Å²) in [6.07, 6.45) is 0. The van der Waals surface area contributed by atoms with Crippen LogP contribution >= 0.6 is 0 Å². The second-order valence-electron chi connectivity index (χ2n) is 9.10. The summed E-state index contributed by atoms with van der Waals surface area (Å²) >= 11 is 0. The van der Waals surface area contributed by atoms with Crippen LogP contribution in [0, 0.1) is 0 Å². The van der Waals surface area contributed by atoms with Gasteiger partial charge in [0.15, 0.2) is 0 Å². The minimum absolute atomic E-state index is 0.134. The van der Waals surface area contributed by atoms with Gasteiger partial charge < -0.3 is 14.4 Å². The first-order valence-electron chi connectivity index (χ1n) is 12.2. The van der Waals surface area contributed by atoms with Crippen LogP contribution in [0.25, 0.3) is 44.1 Å². The number of phenolic OH excluding ortho intramolecular Hbond substituents is 1. The molecular formula is C33H25NO3. The number of hydrogen-bond donors (Lipinski definition) is 1. The molecule has 0 amide bonds. The van der Waals surface area contributed by atoms with Crippen molar-refractivity contribution in [2.24, 2.45) is 0 Å². The topological polar surface area (TPSA) is 51.5 Å². The lowest BCUT2D eigenvalue weighted by atomic mass is 10.0. The highest BCUT2D eigenvalue weighted by Gasteiger charge is 2.21. The van der Waals surface area contributed by atoms with Gasteiger partial charge in [0.2, 0.25) is 0 Å². The summed E-state index contributed by atoms with van der Waals surface area (Å²) in [5.74, 6) is -0.295. The van der Waals surface area contributed by atoms with Gasteiger partial charge in [-0.2, -0.15) is 0 Å². The van der Waals surface area contributed by atoms with Gasteiger partial charge in [-0.25, -0.2) is 4.79 Å². The van der Waals surface area contributed by atoms with Crippen LogP contribution in [-0.4, -0.2) is 22.8 Å². The second-order valence-corrected chi connectivity index (χ2v) is 9.10. The fourth-order valence-corrected chi connectivity index (χ4v) is 5.15. The van der Waals surface area contributed by atoms with E-state index in [2.05, 4.69) is 47.0 Å². The molecule has 0 saturated heterocycles. The number of methoxy groups -OCH3 is 1. The van der Waals surface area contributed by atoms with Crippen LogP contribution in [0.15, 0.2) is 115 Å². The SMILES string of the molecule is COC(=O)c1cccc2c1c1c(O)cc(-c3ccccc3)cc1n2Cc1cccc(-c2ccccc2)c1. The van der Waals surface area contributed by atoms with E-state index in [4.69, 9.17) is 4.74 Å². The van der Waals surface area contributed by atoms with Crippen molar-refractivity contribution in [3.8, 4) is 28.0 Å². The molecule has 180 valence electrons. The smallest absolute Gasteiger partial charge is 0.338 e. The van der Waals surface area contributed by atoms with E-state index in [-0.39, 0.29) is 5.75 Å². The van der Waals surface area contributed by atoms with E-state index < -0.39 is 5.97 Å². The third-order valence-electron chi connectivity index (χ3n) is 6.86. The van der Waals surface area contributed by atoms with Crippen molar-refractivity contribution in [2.45, 2.75) is 6.54 Å². The van der Waals surface area contributed by atoms with Gasteiger partial charge >= 0.3 is 5.97 Å². The average Bonchev–Trinajstić information content (AvgIpc) is 3.27. The molecule has 1 heterocycles. The molecule has 0 bridgehead atoms. The van der Waals surface area contributed by atoms with Gasteiger partial charge in [-0.1, -0.05) is 84.9 Å². The van der Waals surface area contributed by atoms with E-state index in [1.807, 2.05) is 60.7 Å². The zero-order chi connectivity index (χ0) is 25.4. The Morgan fingerprint density at radius 1 is 0.676 bits per heavy atom. The molecule has 37 heavy (non-hydrogen) atoms. The van der Waals surface area contributed by atoms with Crippen LogP contribution in [0.1, 0.15) is 15.9 Å². The summed E-state index contributed by atoms with van der Waals surface area (Å²) in [5.41, 5.74) is 7.49. The van der Waals surface area contributed by atoms with Crippen molar-refractivity contribution >= 4 is 27.8 Å². The summed E-state index contributed by atoms with van der Waals surface area (Å²) in [6, 6.07) is 38.2. The number of rotatable bonds is 5. The molecule has 0 aliphatic carbocycles. The number of phenols is 1. The molecule has 4 heteroatoms. The Balaban J connectivity index is 1.60. The number of carbonyl (C=O) groups excluding carboxylic acids is 1. The molecule has 0 fully saturated rings. The fourth-order valence-electron chi connectivity index (χ4n) is 5.15. The number of aromatic nitrogens is 1. The molecule has 0 aliphatic rings. The second kappa shape index (κ2) is 9.32. The molecule has 4 nitrogen and oxygen atoms in total. The van der Waals surface area contributed by atoms with E-state index in [1.54, 1.807) is 12.1 Å². The van der Waals surface area contributed by atoms with E-state index in [0.29, 0.717) is 22.9 Å². The summed E-state index contributed by atoms with van der Waals surface area (Å²) < 4.78 is 7.26. The number of benzene rings is 5. The zero-order valence-electron chi connectivity index (χ0n) is 20.4. The number of ether oxygens (including phenoxy) is 1. The van der Waals surface area contributed by atoms with Crippen LogP contribution in [0.5, 0.6) is 5.75 Å². The van der Waals surface area contributed by atoms with Crippen molar-refractivity contribution in [3.63, 3.8) is 0 Å². The van der Waals surface area contributed by atoms with Crippen LogP contribution in [-0.2, 0) is 11.3 Å². The number of hydrogen-bond acceptors (Lipinski definition) is 3. The minimum Gasteiger partial charge on any atom is -0.507 e. The molecule has 0 spiro atoms. The third kappa shape index (κ3) is 4.03. The number of aromatic hydroxyl groups is 1. The van der Waals surface area contributed by atoms with Gasteiger partial charge in [0.1, 0.15) is 5.75 Å². The molecule has 0 aliphatic heterocycles. The van der Waals surface area contributed by atoms with Crippen LogP contribution < -0.4 is 0 Å². The Hall–Kier alpha value is -4.83. The van der Waals surface area contributed by atoms with Gasteiger partial charge in [-0.3, -0.25) is 0 Å². The van der Waals surface area contributed by atoms with Gasteiger partial charge in [0, 0.05) is 11.9 Å². The summed E-state index contributed by atoms with van der Waals surface area (Å²) in [7, 11) is 1.38. The van der Waals surface area contributed by atoms with Crippen molar-refractivity contribution in [1.82, 2.24) is 4.57 Å². The number of nitrogens with zero attached hydrogens (tertiary/aromatic N) is 1. The normalized spacial score (nSPS) is 11.2. The predicted molar refractivity (Wildman–Crippen MR) is 149 cm³/mol. The molecule has 6 rings (SSSR count). The van der Waals surface area contributed by atoms with E-state index in [1.165, 1.54) is 7.11 Å². The lowest BCUT2D eigenvalue weighted by molar-refractivity contribution is 0.0603. The van der Waals surface area contributed by atoms with Crippen LogP contribution in [0.3, 0.4) is 0 Å². The molecule has 1 N–H and O–H groups in total. The highest BCUT2D eigenvalue weighted by molar-refractivity contribution is 6.19. The molecule has 6 aromatic rings. The first-order chi connectivity index (χ1) is 18.1. The molecule has 0 saturated carbocycles. The lowest BCUT2D eigenvalue weighted by Crippen LogP contribution is -2.03. The third-order valence-corrected chi connectivity index (χ3v) is 6.86. The van der Waals surface area contributed by atoms with E-state index >= 15 is 0 Å². The Morgan fingerprint density at radius 2 is 1.32 bits per heavy atom. The largest absolute Gasteiger partial charge is 0.507 e. The van der Waals surface area contributed by atoms with Crippen molar-refractivity contribution in [3.05, 3.63) is 126 Å². The maximum absolute atomic E-state index is 12.7. The number of esters is 1. The summed E-state index contributed by atoms with van der Waals surface area (Å²) in [6.45, 7) is 0.572. The van der Waals surface area contributed by atoms with Gasteiger partial charge in [-0.05, 0) is 58.1 Å². The first-order valence-corrected chi connectivity index (χ1v) is 12.2. The maximum atomic E-state index is 12.7. The maximum Gasteiger partial charge on any atom is 0.338 e. The van der Waals surface area contributed by atoms with E-state index in [0.717, 1.165) is 38.9 Å². The quantitative estimate of drug-likeness (QED) is 0.256. The molecule has 5 aromatic carbocycles. The summed E-state index contributed by atoms with van der Waals surface area (Å²) in [5, 5.41) is 12.6. The van der Waals surface area contributed by atoms with Crippen molar-refractivity contribution in [1.29, 1.82) is 0 Å². The average molecular weight is 484 g/mol. The lowest BCUT2D eigenvalue weighted by Gasteiger charge is -2.11. The van der Waals surface area contributed by atoms with Crippen molar-refractivity contribution < 1.29 is 14.6 Å². The molecule has 0 unspecified atom stereocenters. The standard InChI is InChI=1S/C33H25NO3/c1-37-33(36)27-16-9-17-28-31(27)32-29(19-26(20-30(32)35)24-13-6-3-7-14-24)34(28)21-22-10-8-15-25(18-22)23-11-4-2-5-12-23/h2-20,35H,21H2,1H3. The van der Waals surface area contributed by atoms with Crippen LogP contribution in [0.2, 0.25) is 0 Å². The minimum atomic E-state index is -0.428. The predicted octanol–water partition coefficient (Wildman–Crippen LogP) is 7.67. The van der Waals surface area contributed by atoms with Gasteiger partial charge in [0.25, 0.3) is 0 Å². The molecule has 0 radical (unpaired) electrons. The Kier molecular flexibility index (Phi) is 5.70. The first kappa shape index (κ1) is 22.6. The number of fused-ring (bicyclic) bond motifs is 3. The molecule has 1 aromatic heterocycles. The van der Waals surface area contributed by atoms with Crippen LogP contribution in [0.4, 0.5) is 0 Å². The van der Waals surface area contributed by atoms with Gasteiger partial charge in [0.05, 0.1) is 29.1 Å².